The van der Waals surface area contributed by atoms with Crippen molar-refractivity contribution < 1.29 is 9.59 Å². The Morgan fingerprint density at radius 2 is 2.00 bits per heavy atom. The third-order valence-electron chi connectivity index (χ3n) is 2.66. The number of nitrogens with zero attached hydrogens (tertiary/aromatic N) is 1. The lowest BCUT2D eigenvalue weighted by atomic mass is 10.1. The maximum atomic E-state index is 11.6. The second kappa shape index (κ2) is 5.71. The number of fused-ring (bicyclic) bond motifs is 1. The SMILES string of the molecule is CC(=O)SCC(=O)Nc1nc2cc(C)c(C)cc2s1. The summed E-state index contributed by atoms with van der Waals surface area (Å²) in [5.74, 6) is -0.0729. The third-order valence-corrected chi connectivity index (χ3v) is 4.40. The van der Waals surface area contributed by atoms with E-state index in [0.717, 1.165) is 22.0 Å². The van der Waals surface area contributed by atoms with Crippen molar-refractivity contribution in [2.45, 2.75) is 20.8 Å². The minimum atomic E-state index is -0.201. The van der Waals surface area contributed by atoms with E-state index in [1.54, 1.807) is 0 Å². The molecular formula is C13H14N2O2S2. The standard InChI is InChI=1S/C13H14N2O2S2/c1-7-4-10-11(5-8(7)2)19-13(14-10)15-12(17)6-18-9(3)16/h4-5H,6H2,1-3H3,(H,14,15,17). The fourth-order valence-corrected chi connectivity index (χ4v) is 2.92. The zero-order chi connectivity index (χ0) is 14.0. The van der Waals surface area contributed by atoms with Crippen LogP contribution in [-0.4, -0.2) is 21.8 Å². The Labute approximate surface area is 119 Å². The number of thiazole rings is 1. The van der Waals surface area contributed by atoms with Gasteiger partial charge in [-0.3, -0.25) is 9.59 Å². The van der Waals surface area contributed by atoms with E-state index in [1.807, 2.05) is 13.0 Å². The summed E-state index contributed by atoms with van der Waals surface area (Å²) in [6, 6.07) is 4.09. The lowest BCUT2D eigenvalue weighted by Gasteiger charge is -1.98. The van der Waals surface area contributed by atoms with Crippen LogP contribution in [0.4, 0.5) is 5.13 Å². The molecule has 0 unspecified atom stereocenters. The van der Waals surface area contributed by atoms with Crippen LogP contribution in [0.5, 0.6) is 0 Å². The van der Waals surface area contributed by atoms with Crippen molar-refractivity contribution in [1.29, 1.82) is 0 Å². The van der Waals surface area contributed by atoms with E-state index in [4.69, 9.17) is 0 Å². The molecule has 1 aromatic heterocycles. The minimum Gasteiger partial charge on any atom is -0.301 e. The maximum Gasteiger partial charge on any atom is 0.236 e. The van der Waals surface area contributed by atoms with Crippen LogP contribution in [0.3, 0.4) is 0 Å². The average molecular weight is 294 g/mol. The Morgan fingerprint density at radius 1 is 1.32 bits per heavy atom. The first-order chi connectivity index (χ1) is 8.95. The molecule has 0 aliphatic heterocycles. The first-order valence-corrected chi connectivity index (χ1v) is 7.57. The molecule has 1 N–H and O–H groups in total. The average Bonchev–Trinajstić information content (AvgIpc) is 2.68. The van der Waals surface area contributed by atoms with E-state index in [1.165, 1.54) is 29.4 Å². The van der Waals surface area contributed by atoms with Gasteiger partial charge in [-0.05, 0) is 37.1 Å². The van der Waals surface area contributed by atoms with Gasteiger partial charge in [0.05, 0.1) is 16.0 Å². The zero-order valence-electron chi connectivity index (χ0n) is 10.9. The summed E-state index contributed by atoms with van der Waals surface area (Å²) in [6.45, 7) is 5.54. The molecule has 100 valence electrons. The topological polar surface area (TPSA) is 59.1 Å². The normalized spacial score (nSPS) is 10.7. The zero-order valence-corrected chi connectivity index (χ0v) is 12.6. The van der Waals surface area contributed by atoms with Gasteiger partial charge >= 0.3 is 0 Å². The number of rotatable bonds is 3. The molecule has 2 aromatic rings. The smallest absolute Gasteiger partial charge is 0.236 e. The number of aryl methyl sites for hydroxylation is 2. The molecule has 0 atom stereocenters. The lowest BCUT2D eigenvalue weighted by Crippen LogP contribution is -2.14. The van der Waals surface area contributed by atoms with Crippen molar-refractivity contribution in [2.24, 2.45) is 0 Å². The largest absolute Gasteiger partial charge is 0.301 e. The van der Waals surface area contributed by atoms with Crippen LogP contribution in [0.15, 0.2) is 12.1 Å². The molecule has 19 heavy (non-hydrogen) atoms. The third kappa shape index (κ3) is 3.54. The molecule has 0 saturated heterocycles. The number of carbonyl (C=O) groups is 2. The molecule has 0 aliphatic carbocycles. The van der Waals surface area contributed by atoms with E-state index < -0.39 is 0 Å². The summed E-state index contributed by atoms with van der Waals surface area (Å²) in [5.41, 5.74) is 3.28. The van der Waals surface area contributed by atoms with Crippen molar-refractivity contribution >= 4 is 49.5 Å². The van der Waals surface area contributed by atoms with Crippen LogP contribution in [0.1, 0.15) is 18.1 Å². The van der Waals surface area contributed by atoms with Gasteiger partial charge < -0.3 is 5.32 Å². The first kappa shape index (κ1) is 14.0. The molecule has 1 amide bonds. The predicted octanol–water partition coefficient (Wildman–Crippen LogP) is 3.13. The van der Waals surface area contributed by atoms with Crippen molar-refractivity contribution in [1.82, 2.24) is 4.98 Å². The lowest BCUT2D eigenvalue weighted by molar-refractivity contribution is -0.114. The second-order valence-electron chi connectivity index (χ2n) is 4.25. The Balaban J connectivity index is 2.13. The van der Waals surface area contributed by atoms with Gasteiger partial charge in [-0.15, -0.1) is 0 Å². The number of benzene rings is 1. The molecule has 1 aromatic carbocycles. The van der Waals surface area contributed by atoms with E-state index in [2.05, 4.69) is 23.3 Å². The summed E-state index contributed by atoms with van der Waals surface area (Å²) in [7, 11) is 0. The molecular weight excluding hydrogens is 280 g/mol. The second-order valence-corrected chi connectivity index (χ2v) is 6.43. The van der Waals surface area contributed by atoms with Gasteiger partial charge in [0.2, 0.25) is 5.91 Å². The summed E-state index contributed by atoms with van der Waals surface area (Å²) in [6.07, 6.45) is 0. The number of hydrogen-bond donors (Lipinski definition) is 1. The van der Waals surface area contributed by atoms with Gasteiger partial charge in [0.25, 0.3) is 0 Å². The van der Waals surface area contributed by atoms with Gasteiger partial charge in [-0.1, -0.05) is 23.1 Å². The fourth-order valence-electron chi connectivity index (χ4n) is 1.56. The maximum absolute atomic E-state index is 11.6. The van der Waals surface area contributed by atoms with E-state index in [9.17, 15) is 9.59 Å². The molecule has 0 radical (unpaired) electrons. The molecule has 2 rings (SSSR count). The quantitative estimate of drug-likeness (QED) is 0.945. The number of aromatic nitrogens is 1. The summed E-state index contributed by atoms with van der Waals surface area (Å²) in [5, 5.41) is 3.23. The van der Waals surface area contributed by atoms with Gasteiger partial charge in [0.15, 0.2) is 10.2 Å². The Hall–Kier alpha value is -1.40. The van der Waals surface area contributed by atoms with Crippen LogP contribution in [0.25, 0.3) is 10.2 Å². The van der Waals surface area contributed by atoms with Crippen molar-refractivity contribution in [3.8, 4) is 0 Å². The van der Waals surface area contributed by atoms with Gasteiger partial charge in [0.1, 0.15) is 0 Å². The number of carbonyl (C=O) groups excluding carboxylic acids is 2. The minimum absolute atomic E-state index is 0.0642. The molecule has 0 saturated carbocycles. The van der Waals surface area contributed by atoms with E-state index in [0.29, 0.717) is 5.13 Å². The molecule has 0 fully saturated rings. The van der Waals surface area contributed by atoms with Crippen LogP contribution < -0.4 is 5.32 Å². The predicted molar refractivity (Wildman–Crippen MR) is 80.9 cm³/mol. The van der Waals surface area contributed by atoms with Crippen molar-refractivity contribution in [3.05, 3.63) is 23.3 Å². The number of thioether (sulfide) groups is 1. The van der Waals surface area contributed by atoms with Crippen LogP contribution >= 0.6 is 23.1 Å². The fraction of sp³-hybridized carbons (Fsp3) is 0.308. The highest BCUT2D eigenvalue weighted by Gasteiger charge is 2.09. The molecule has 6 heteroatoms. The van der Waals surface area contributed by atoms with Crippen LogP contribution in [-0.2, 0) is 9.59 Å². The van der Waals surface area contributed by atoms with Gasteiger partial charge in [-0.25, -0.2) is 4.98 Å². The number of anilines is 1. The number of hydrogen-bond acceptors (Lipinski definition) is 5. The van der Waals surface area contributed by atoms with Crippen LogP contribution in [0.2, 0.25) is 0 Å². The highest BCUT2D eigenvalue weighted by molar-refractivity contribution is 8.14. The van der Waals surface area contributed by atoms with E-state index in [-0.39, 0.29) is 16.8 Å². The Bertz CT molecular complexity index is 610. The molecule has 4 nitrogen and oxygen atoms in total. The monoisotopic (exact) mass is 294 g/mol. The first-order valence-electron chi connectivity index (χ1n) is 5.76. The highest BCUT2D eigenvalue weighted by Crippen LogP contribution is 2.28. The molecule has 0 aliphatic rings. The van der Waals surface area contributed by atoms with Crippen molar-refractivity contribution in [3.63, 3.8) is 0 Å². The number of amides is 1. The van der Waals surface area contributed by atoms with Crippen molar-refractivity contribution in [2.75, 3.05) is 11.1 Å². The summed E-state index contributed by atoms with van der Waals surface area (Å²) in [4.78, 5) is 26.8. The summed E-state index contributed by atoms with van der Waals surface area (Å²) < 4.78 is 1.05. The van der Waals surface area contributed by atoms with Crippen LogP contribution in [0, 0.1) is 13.8 Å². The van der Waals surface area contributed by atoms with E-state index >= 15 is 0 Å². The molecule has 0 spiro atoms. The summed E-state index contributed by atoms with van der Waals surface area (Å²) >= 11 is 2.44. The Morgan fingerprint density at radius 3 is 2.68 bits per heavy atom. The van der Waals surface area contributed by atoms with Gasteiger partial charge in [-0.2, -0.15) is 0 Å². The van der Waals surface area contributed by atoms with Gasteiger partial charge in [0, 0.05) is 6.92 Å². The molecule has 0 bridgehead atoms. The Kier molecular flexibility index (Phi) is 4.21. The number of nitrogens with one attached hydrogen (secondary N) is 1. The highest BCUT2D eigenvalue weighted by atomic mass is 32.2. The molecule has 1 heterocycles.